The number of aromatic nitrogens is 4. The second-order valence-electron chi connectivity index (χ2n) is 6.17. The molecule has 1 amide bonds. The SMILES string of the molecule is Cc1ccc(CC(=O)Nc2nnc(O[C@@H]3CCN(c4cccnn4)C3)s2)s1. The zero-order valence-electron chi connectivity index (χ0n) is 14.7. The molecule has 1 atom stereocenters. The molecule has 4 heterocycles. The molecule has 1 N–H and O–H groups in total. The minimum atomic E-state index is -0.103. The molecule has 0 aliphatic carbocycles. The molecule has 8 nitrogen and oxygen atoms in total. The van der Waals surface area contributed by atoms with Gasteiger partial charge in [-0.25, -0.2) is 0 Å². The number of ether oxygens (including phenoxy) is 1. The summed E-state index contributed by atoms with van der Waals surface area (Å²) in [6, 6.07) is 7.78. The maximum absolute atomic E-state index is 12.1. The van der Waals surface area contributed by atoms with Crippen LogP contribution in [-0.2, 0) is 11.2 Å². The summed E-state index contributed by atoms with van der Waals surface area (Å²) in [4.78, 5) is 16.5. The van der Waals surface area contributed by atoms with Gasteiger partial charge in [0.1, 0.15) is 6.10 Å². The van der Waals surface area contributed by atoms with Crippen molar-refractivity contribution in [3.8, 4) is 5.19 Å². The molecule has 0 aromatic carbocycles. The molecule has 1 saturated heterocycles. The van der Waals surface area contributed by atoms with E-state index >= 15 is 0 Å². The Labute approximate surface area is 164 Å². The normalized spacial score (nSPS) is 16.5. The monoisotopic (exact) mass is 402 g/mol. The first-order valence-corrected chi connectivity index (χ1v) is 10.2. The van der Waals surface area contributed by atoms with Crippen LogP contribution in [0.1, 0.15) is 16.2 Å². The Kier molecular flexibility index (Phi) is 5.26. The van der Waals surface area contributed by atoms with Crippen molar-refractivity contribution in [2.75, 3.05) is 23.3 Å². The summed E-state index contributed by atoms with van der Waals surface area (Å²) < 4.78 is 5.92. The molecule has 1 fully saturated rings. The fourth-order valence-electron chi connectivity index (χ4n) is 2.85. The molecule has 0 radical (unpaired) electrons. The molecule has 0 unspecified atom stereocenters. The lowest BCUT2D eigenvalue weighted by Crippen LogP contribution is -2.25. The molecular formula is C17H18N6O2S2. The molecule has 3 aromatic heterocycles. The average Bonchev–Trinajstić information content (AvgIpc) is 3.39. The highest BCUT2D eigenvalue weighted by atomic mass is 32.1. The minimum absolute atomic E-state index is 0.0117. The van der Waals surface area contributed by atoms with E-state index in [9.17, 15) is 4.79 Å². The van der Waals surface area contributed by atoms with Crippen molar-refractivity contribution < 1.29 is 9.53 Å². The predicted molar refractivity (Wildman–Crippen MR) is 105 cm³/mol. The van der Waals surface area contributed by atoms with Crippen LogP contribution in [0.5, 0.6) is 5.19 Å². The number of anilines is 2. The van der Waals surface area contributed by atoms with Crippen molar-refractivity contribution >= 4 is 39.5 Å². The van der Waals surface area contributed by atoms with Gasteiger partial charge in [-0.1, -0.05) is 5.10 Å². The Balaban J connectivity index is 1.29. The lowest BCUT2D eigenvalue weighted by molar-refractivity contribution is -0.115. The van der Waals surface area contributed by atoms with Crippen LogP contribution in [0.3, 0.4) is 0 Å². The third-order valence-corrected chi connectivity index (χ3v) is 5.81. The number of hydrogen-bond acceptors (Lipinski definition) is 9. The smallest absolute Gasteiger partial charge is 0.296 e. The fraction of sp³-hybridized carbons (Fsp3) is 0.353. The minimum Gasteiger partial charge on any atom is -0.464 e. The van der Waals surface area contributed by atoms with Gasteiger partial charge in [0.2, 0.25) is 11.0 Å². The quantitative estimate of drug-likeness (QED) is 0.677. The molecular weight excluding hydrogens is 384 g/mol. The van der Waals surface area contributed by atoms with Crippen molar-refractivity contribution in [1.82, 2.24) is 20.4 Å². The second kappa shape index (κ2) is 7.97. The lowest BCUT2D eigenvalue weighted by Gasteiger charge is -2.16. The van der Waals surface area contributed by atoms with Crippen LogP contribution in [0.4, 0.5) is 10.9 Å². The zero-order valence-corrected chi connectivity index (χ0v) is 16.3. The van der Waals surface area contributed by atoms with E-state index in [4.69, 9.17) is 4.74 Å². The van der Waals surface area contributed by atoms with E-state index in [-0.39, 0.29) is 12.0 Å². The zero-order chi connectivity index (χ0) is 18.6. The van der Waals surface area contributed by atoms with Gasteiger partial charge in [0.25, 0.3) is 5.19 Å². The van der Waals surface area contributed by atoms with E-state index in [0.29, 0.717) is 16.7 Å². The summed E-state index contributed by atoms with van der Waals surface area (Å²) in [5, 5.41) is 19.8. The largest absolute Gasteiger partial charge is 0.464 e. The summed E-state index contributed by atoms with van der Waals surface area (Å²) in [5.41, 5.74) is 0. The van der Waals surface area contributed by atoms with Gasteiger partial charge in [-0.05, 0) is 42.5 Å². The molecule has 10 heteroatoms. The lowest BCUT2D eigenvalue weighted by atomic mass is 10.3. The maximum atomic E-state index is 12.1. The Morgan fingerprint density at radius 1 is 1.30 bits per heavy atom. The number of amides is 1. The highest BCUT2D eigenvalue weighted by Gasteiger charge is 2.26. The second-order valence-corrected chi connectivity index (χ2v) is 8.48. The van der Waals surface area contributed by atoms with Crippen LogP contribution >= 0.6 is 22.7 Å². The van der Waals surface area contributed by atoms with Gasteiger partial charge in [-0.15, -0.1) is 21.5 Å². The molecule has 4 rings (SSSR count). The van der Waals surface area contributed by atoms with Gasteiger partial charge < -0.3 is 15.0 Å². The standard InChI is InChI=1S/C17H18N6O2S2/c1-11-4-5-13(26-11)9-15(24)19-16-21-22-17(27-16)25-12-6-8-23(10-12)14-3-2-7-18-20-14/h2-5,7,12H,6,8-10H2,1H3,(H,19,21,24)/t12-/m1/s1. The Bertz CT molecular complexity index is 913. The summed E-state index contributed by atoms with van der Waals surface area (Å²) >= 11 is 2.86. The molecule has 0 bridgehead atoms. The molecule has 27 heavy (non-hydrogen) atoms. The molecule has 1 aliphatic rings. The number of nitrogens with zero attached hydrogens (tertiary/aromatic N) is 5. The van der Waals surface area contributed by atoms with Crippen LogP contribution in [0.25, 0.3) is 0 Å². The number of thiophene rings is 1. The molecule has 0 saturated carbocycles. The Hall–Kier alpha value is -2.59. The van der Waals surface area contributed by atoms with E-state index in [1.807, 2.05) is 31.2 Å². The summed E-state index contributed by atoms with van der Waals surface area (Å²) in [6.45, 7) is 3.60. The van der Waals surface area contributed by atoms with E-state index in [2.05, 4.69) is 30.6 Å². The van der Waals surface area contributed by atoms with Gasteiger partial charge in [-0.2, -0.15) is 5.10 Å². The number of rotatable bonds is 6. The predicted octanol–water partition coefficient (Wildman–Crippen LogP) is 2.54. The molecule has 0 spiro atoms. The van der Waals surface area contributed by atoms with E-state index in [1.54, 1.807) is 17.5 Å². The maximum Gasteiger partial charge on any atom is 0.296 e. The van der Waals surface area contributed by atoms with E-state index in [1.165, 1.54) is 16.2 Å². The van der Waals surface area contributed by atoms with Crippen LogP contribution < -0.4 is 15.0 Å². The van der Waals surface area contributed by atoms with E-state index in [0.717, 1.165) is 30.2 Å². The first kappa shape index (κ1) is 17.8. The van der Waals surface area contributed by atoms with Crippen molar-refractivity contribution in [3.63, 3.8) is 0 Å². The number of carbonyl (C=O) groups is 1. The topological polar surface area (TPSA) is 93.1 Å². The van der Waals surface area contributed by atoms with Crippen molar-refractivity contribution in [2.24, 2.45) is 0 Å². The highest BCUT2D eigenvalue weighted by molar-refractivity contribution is 7.17. The van der Waals surface area contributed by atoms with Crippen LogP contribution in [0, 0.1) is 6.92 Å². The molecule has 3 aromatic rings. The van der Waals surface area contributed by atoms with Gasteiger partial charge in [0.15, 0.2) is 5.82 Å². The first-order chi connectivity index (χ1) is 13.2. The number of aryl methyl sites for hydroxylation is 1. The summed E-state index contributed by atoms with van der Waals surface area (Å²) in [5.74, 6) is 0.742. The van der Waals surface area contributed by atoms with Crippen LogP contribution in [0.15, 0.2) is 30.5 Å². The summed E-state index contributed by atoms with van der Waals surface area (Å²) in [6.07, 6.45) is 2.88. The third-order valence-electron chi connectivity index (χ3n) is 4.08. The summed E-state index contributed by atoms with van der Waals surface area (Å²) in [7, 11) is 0. The highest BCUT2D eigenvalue weighted by Crippen LogP contribution is 2.27. The average molecular weight is 403 g/mol. The number of nitrogens with one attached hydrogen (secondary N) is 1. The third kappa shape index (κ3) is 4.58. The number of carbonyl (C=O) groups excluding carboxylic acids is 1. The van der Waals surface area contributed by atoms with Gasteiger partial charge >= 0.3 is 0 Å². The van der Waals surface area contributed by atoms with Crippen molar-refractivity contribution in [2.45, 2.75) is 25.9 Å². The van der Waals surface area contributed by atoms with Gasteiger partial charge in [0, 0.05) is 28.9 Å². The van der Waals surface area contributed by atoms with Crippen molar-refractivity contribution in [3.05, 3.63) is 40.2 Å². The Morgan fingerprint density at radius 3 is 3.00 bits per heavy atom. The van der Waals surface area contributed by atoms with Gasteiger partial charge in [-0.3, -0.25) is 4.79 Å². The van der Waals surface area contributed by atoms with E-state index < -0.39 is 0 Å². The Morgan fingerprint density at radius 2 is 2.22 bits per heavy atom. The molecule has 140 valence electrons. The number of hydrogen-bond donors (Lipinski definition) is 1. The van der Waals surface area contributed by atoms with Crippen LogP contribution in [-0.4, -0.2) is 45.5 Å². The van der Waals surface area contributed by atoms with Crippen LogP contribution in [0.2, 0.25) is 0 Å². The first-order valence-electron chi connectivity index (χ1n) is 8.54. The fourth-order valence-corrected chi connectivity index (χ4v) is 4.41. The van der Waals surface area contributed by atoms with Crippen molar-refractivity contribution in [1.29, 1.82) is 0 Å². The molecule has 1 aliphatic heterocycles. The van der Waals surface area contributed by atoms with Gasteiger partial charge in [0.05, 0.1) is 13.0 Å².